The summed E-state index contributed by atoms with van der Waals surface area (Å²) in [5, 5.41) is 2.90. The Bertz CT molecular complexity index is 439. The number of amides is 1. The molecule has 0 aliphatic carbocycles. The van der Waals surface area contributed by atoms with Gasteiger partial charge in [0.05, 0.1) is 5.41 Å². The number of nitrogens with two attached hydrogens (primary N) is 1. The summed E-state index contributed by atoms with van der Waals surface area (Å²) in [6.45, 7) is 6.40. The number of benzene rings is 1. The van der Waals surface area contributed by atoms with Crippen molar-refractivity contribution in [2.24, 2.45) is 11.1 Å². The molecule has 1 amide bonds. The van der Waals surface area contributed by atoms with Crippen LogP contribution in [0.2, 0.25) is 0 Å². The van der Waals surface area contributed by atoms with Crippen LogP contribution in [0.5, 0.6) is 0 Å². The number of rotatable bonds is 6. The highest BCUT2D eigenvalue weighted by atomic mass is 35.5. The minimum absolute atomic E-state index is 0. The van der Waals surface area contributed by atoms with E-state index in [4.69, 9.17) is 5.73 Å². The third kappa shape index (κ3) is 4.18. The Morgan fingerprint density at radius 3 is 2.40 bits per heavy atom. The van der Waals surface area contributed by atoms with E-state index >= 15 is 0 Å². The van der Waals surface area contributed by atoms with E-state index in [0.29, 0.717) is 31.5 Å². The van der Waals surface area contributed by atoms with E-state index in [2.05, 4.69) is 5.32 Å². The highest BCUT2D eigenvalue weighted by molar-refractivity contribution is 5.85. The number of halogens is 2. The maximum atomic E-state index is 13.1. The fraction of sp³-hybridized carbons (Fsp3) is 0.533. The van der Waals surface area contributed by atoms with Crippen molar-refractivity contribution >= 4 is 18.3 Å². The molecule has 3 N–H and O–H groups in total. The van der Waals surface area contributed by atoms with Gasteiger partial charge >= 0.3 is 0 Å². The van der Waals surface area contributed by atoms with Gasteiger partial charge in [-0.2, -0.15) is 0 Å². The van der Waals surface area contributed by atoms with Crippen LogP contribution in [-0.2, 0) is 11.3 Å². The van der Waals surface area contributed by atoms with Gasteiger partial charge in [-0.1, -0.05) is 26.0 Å². The van der Waals surface area contributed by atoms with E-state index in [-0.39, 0.29) is 24.1 Å². The highest BCUT2D eigenvalue weighted by Crippen LogP contribution is 2.25. The Kier molecular flexibility index (Phi) is 7.76. The summed E-state index contributed by atoms with van der Waals surface area (Å²) >= 11 is 0. The average Bonchev–Trinajstić information content (AvgIpc) is 2.42. The van der Waals surface area contributed by atoms with Crippen LogP contribution in [0.25, 0.3) is 0 Å². The summed E-state index contributed by atoms with van der Waals surface area (Å²) < 4.78 is 13.1. The maximum Gasteiger partial charge on any atom is 0.227 e. The number of hydrogen-bond acceptors (Lipinski definition) is 2. The minimum atomic E-state index is -0.491. The molecule has 3 nitrogen and oxygen atoms in total. The van der Waals surface area contributed by atoms with Crippen LogP contribution < -0.4 is 11.1 Å². The Balaban J connectivity index is 0.00000361. The van der Waals surface area contributed by atoms with Crippen molar-refractivity contribution in [3.63, 3.8) is 0 Å². The third-order valence-corrected chi connectivity index (χ3v) is 3.90. The van der Waals surface area contributed by atoms with Gasteiger partial charge in [0.2, 0.25) is 5.91 Å². The van der Waals surface area contributed by atoms with Gasteiger partial charge in [-0.05, 0) is 37.0 Å². The van der Waals surface area contributed by atoms with Crippen molar-refractivity contribution < 1.29 is 9.18 Å². The Hall–Kier alpha value is -1.13. The largest absolute Gasteiger partial charge is 0.352 e. The first-order chi connectivity index (χ1) is 8.99. The number of nitrogens with one attached hydrogen (secondary N) is 1. The lowest BCUT2D eigenvalue weighted by atomic mass is 9.81. The zero-order valence-corrected chi connectivity index (χ0v) is 13.1. The summed E-state index contributed by atoms with van der Waals surface area (Å²) in [6.07, 6.45) is 1.43. The van der Waals surface area contributed by atoms with E-state index in [1.165, 1.54) is 6.07 Å². The second kappa shape index (κ2) is 8.22. The quantitative estimate of drug-likeness (QED) is 0.849. The van der Waals surface area contributed by atoms with Gasteiger partial charge < -0.3 is 11.1 Å². The summed E-state index contributed by atoms with van der Waals surface area (Å²) in [5.41, 5.74) is 6.72. The molecule has 0 spiro atoms. The molecular weight excluding hydrogens is 279 g/mol. The highest BCUT2D eigenvalue weighted by Gasteiger charge is 2.32. The molecule has 5 heteroatoms. The Morgan fingerprint density at radius 2 is 1.95 bits per heavy atom. The molecule has 0 fully saturated rings. The fourth-order valence-electron chi connectivity index (χ4n) is 2.14. The molecule has 1 aromatic carbocycles. The lowest BCUT2D eigenvalue weighted by Crippen LogP contribution is -2.45. The average molecular weight is 303 g/mol. The van der Waals surface area contributed by atoms with Crippen molar-refractivity contribution in [1.29, 1.82) is 0 Å². The predicted molar refractivity (Wildman–Crippen MR) is 82.3 cm³/mol. The summed E-state index contributed by atoms with van der Waals surface area (Å²) in [6, 6.07) is 4.86. The first-order valence-corrected chi connectivity index (χ1v) is 6.72. The van der Waals surface area contributed by atoms with Crippen LogP contribution in [0.3, 0.4) is 0 Å². The molecule has 0 atom stereocenters. The molecule has 0 saturated carbocycles. The SMILES string of the molecule is CCC(CC)(CN)C(=O)NCc1ccc(F)c(C)c1.Cl. The van der Waals surface area contributed by atoms with Gasteiger partial charge in [0.25, 0.3) is 0 Å². The smallest absolute Gasteiger partial charge is 0.227 e. The summed E-state index contributed by atoms with van der Waals surface area (Å²) in [4.78, 5) is 12.2. The number of carbonyl (C=O) groups excluding carboxylic acids is 1. The first-order valence-electron chi connectivity index (χ1n) is 6.72. The molecule has 0 radical (unpaired) electrons. The van der Waals surface area contributed by atoms with E-state index < -0.39 is 5.41 Å². The van der Waals surface area contributed by atoms with Crippen LogP contribution in [0, 0.1) is 18.2 Å². The van der Waals surface area contributed by atoms with E-state index in [1.54, 1.807) is 19.1 Å². The van der Waals surface area contributed by atoms with Crippen LogP contribution in [0.4, 0.5) is 4.39 Å². The molecular formula is C15H24ClFN2O. The van der Waals surface area contributed by atoms with Crippen molar-refractivity contribution in [3.05, 3.63) is 35.1 Å². The molecule has 0 aliphatic heterocycles. The molecule has 0 bridgehead atoms. The lowest BCUT2D eigenvalue weighted by Gasteiger charge is -2.28. The predicted octanol–water partition coefficient (Wildman–Crippen LogP) is 2.94. The van der Waals surface area contributed by atoms with Gasteiger partial charge in [0, 0.05) is 13.1 Å². The molecule has 1 rings (SSSR count). The zero-order valence-electron chi connectivity index (χ0n) is 12.3. The van der Waals surface area contributed by atoms with Crippen LogP contribution in [0.1, 0.15) is 37.8 Å². The van der Waals surface area contributed by atoms with Crippen LogP contribution >= 0.6 is 12.4 Å². The monoisotopic (exact) mass is 302 g/mol. The Labute approximate surface area is 126 Å². The molecule has 0 saturated heterocycles. The van der Waals surface area contributed by atoms with E-state index in [9.17, 15) is 9.18 Å². The first kappa shape index (κ1) is 18.9. The second-order valence-corrected chi connectivity index (χ2v) is 4.96. The second-order valence-electron chi connectivity index (χ2n) is 4.96. The topological polar surface area (TPSA) is 55.1 Å². The Morgan fingerprint density at radius 1 is 1.35 bits per heavy atom. The van der Waals surface area contributed by atoms with Crippen molar-refractivity contribution in [2.45, 2.75) is 40.2 Å². The fourth-order valence-corrected chi connectivity index (χ4v) is 2.14. The lowest BCUT2D eigenvalue weighted by molar-refractivity contribution is -0.131. The summed E-state index contributed by atoms with van der Waals surface area (Å²) in [5.74, 6) is -0.254. The van der Waals surface area contributed by atoms with Gasteiger partial charge in [-0.15, -0.1) is 12.4 Å². The van der Waals surface area contributed by atoms with E-state index in [1.807, 2.05) is 13.8 Å². The van der Waals surface area contributed by atoms with Gasteiger partial charge in [-0.3, -0.25) is 4.79 Å². The summed E-state index contributed by atoms with van der Waals surface area (Å²) in [7, 11) is 0. The van der Waals surface area contributed by atoms with E-state index in [0.717, 1.165) is 5.56 Å². The van der Waals surface area contributed by atoms with Gasteiger partial charge in [0.1, 0.15) is 5.82 Å². The molecule has 0 heterocycles. The van der Waals surface area contributed by atoms with Crippen molar-refractivity contribution in [1.82, 2.24) is 5.32 Å². The molecule has 0 unspecified atom stereocenters. The minimum Gasteiger partial charge on any atom is -0.352 e. The molecule has 0 aliphatic rings. The van der Waals surface area contributed by atoms with Crippen molar-refractivity contribution in [3.8, 4) is 0 Å². The maximum absolute atomic E-state index is 13.1. The van der Waals surface area contributed by atoms with Crippen molar-refractivity contribution in [2.75, 3.05) is 6.54 Å². The molecule has 114 valence electrons. The third-order valence-electron chi connectivity index (χ3n) is 3.90. The standard InChI is InChI=1S/C15H23FN2O.ClH/c1-4-15(5-2,10-17)14(19)18-9-12-6-7-13(16)11(3)8-12;/h6-8H,4-5,9-10,17H2,1-3H3,(H,18,19);1H. The van der Waals surface area contributed by atoms with Gasteiger partial charge in [-0.25, -0.2) is 4.39 Å². The molecule has 1 aromatic rings. The number of hydrogen-bond donors (Lipinski definition) is 2. The zero-order chi connectivity index (χ0) is 14.5. The van der Waals surface area contributed by atoms with Gasteiger partial charge in [0.15, 0.2) is 0 Å². The van der Waals surface area contributed by atoms with Crippen LogP contribution in [-0.4, -0.2) is 12.5 Å². The molecule has 0 aromatic heterocycles. The van der Waals surface area contributed by atoms with Crippen LogP contribution in [0.15, 0.2) is 18.2 Å². The normalized spacial score (nSPS) is 10.8. The number of aryl methyl sites for hydroxylation is 1. The molecule has 20 heavy (non-hydrogen) atoms. The number of carbonyl (C=O) groups is 1.